The zero-order chi connectivity index (χ0) is 16.1. The first-order chi connectivity index (χ1) is 11.2. The van der Waals surface area contributed by atoms with Crippen LogP contribution in [0.1, 0.15) is 30.6 Å². The lowest BCUT2D eigenvalue weighted by Crippen LogP contribution is -2.08. The molecule has 120 valence electrons. The van der Waals surface area contributed by atoms with Crippen LogP contribution in [0.2, 0.25) is 0 Å². The van der Waals surface area contributed by atoms with Crippen LogP contribution in [-0.4, -0.2) is 30.3 Å². The minimum atomic E-state index is -0.282. The van der Waals surface area contributed by atoms with E-state index in [4.69, 9.17) is 9.26 Å². The van der Waals surface area contributed by atoms with Gasteiger partial charge in [0.25, 0.3) is 0 Å². The molecule has 0 aliphatic carbocycles. The second-order valence-corrected chi connectivity index (χ2v) is 4.89. The largest absolute Gasteiger partial charge is 0.441 e. The summed E-state index contributed by atoms with van der Waals surface area (Å²) in [6.07, 6.45) is 1.40. The van der Waals surface area contributed by atoms with Crippen molar-refractivity contribution in [2.75, 3.05) is 0 Å². The maximum atomic E-state index is 12.9. The Morgan fingerprint density at radius 2 is 2.09 bits per heavy atom. The lowest BCUT2D eigenvalue weighted by molar-refractivity contribution is 0.186. The smallest absolute Gasteiger partial charge is 0.417 e. The summed E-state index contributed by atoms with van der Waals surface area (Å²) in [5.41, 5.74) is 0.880. The van der Waals surface area contributed by atoms with Gasteiger partial charge in [-0.25, -0.2) is 9.07 Å². The molecule has 0 aliphatic heterocycles. The number of hydrogen-bond donors (Lipinski definition) is 0. The molecule has 3 aromatic rings. The van der Waals surface area contributed by atoms with Crippen molar-refractivity contribution in [1.82, 2.24) is 30.3 Å². The average molecular weight is 318 g/mol. The zero-order valence-electron chi connectivity index (χ0n) is 12.5. The third-order valence-electron chi connectivity index (χ3n) is 3.09. The van der Waals surface area contributed by atoms with Gasteiger partial charge in [0.05, 0.1) is 0 Å². The Balaban J connectivity index is 1.58. The van der Waals surface area contributed by atoms with Gasteiger partial charge in [0.2, 0.25) is 0 Å². The first-order valence-electron chi connectivity index (χ1n) is 7.19. The van der Waals surface area contributed by atoms with Crippen molar-refractivity contribution >= 4 is 0 Å². The molecule has 0 saturated carbocycles. The first-order valence-corrected chi connectivity index (χ1v) is 7.19. The van der Waals surface area contributed by atoms with Gasteiger partial charge in [-0.2, -0.15) is 4.98 Å². The number of aromatic nitrogens is 6. The Bertz CT molecular complexity index is 755. The van der Waals surface area contributed by atoms with Gasteiger partial charge in [0.1, 0.15) is 5.82 Å². The Hall–Kier alpha value is -2.84. The van der Waals surface area contributed by atoms with E-state index in [1.807, 2.05) is 6.92 Å². The third kappa shape index (κ3) is 3.87. The van der Waals surface area contributed by atoms with Gasteiger partial charge in [-0.1, -0.05) is 24.2 Å². The number of rotatable bonds is 7. The van der Waals surface area contributed by atoms with Gasteiger partial charge >= 0.3 is 6.08 Å². The standard InChI is InChI=1S/C14H15FN6O2/c1-2-7-21-13(17-19-20-21)9-22-14-16-12(18-23-14)8-10-3-5-11(15)6-4-10/h3-6H,2,7-9H2,1H3. The lowest BCUT2D eigenvalue weighted by atomic mass is 10.1. The third-order valence-corrected chi connectivity index (χ3v) is 3.09. The van der Waals surface area contributed by atoms with E-state index in [-0.39, 0.29) is 18.5 Å². The number of benzene rings is 1. The maximum Gasteiger partial charge on any atom is 0.417 e. The fourth-order valence-electron chi connectivity index (χ4n) is 1.99. The molecule has 0 unspecified atom stereocenters. The quantitative estimate of drug-likeness (QED) is 0.655. The summed E-state index contributed by atoms with van der Waals surface area (Å²) in [4.78, 5) is 4.13. The van der Waals surface area contributed by atoms with Crippen LogP contribution in [-0.2, 0) is 19.6 Å². The molecule has 2 aromatic heterocycles. The van der Waals surface area contributed by atoms with Gasteiger partial charge in [0, 0.05) is 13.0 Å². The van der Waals surface area contributed by atoms with E-state index in [1.165, 1.54) is 12.1 Å². The number of hydrogen-bond acceptors (Lipinski definition) is 7. The molecule has 0 aliphatic rings. The summed E-state index contributed by atoms with van der Waals surface area (Å²) < 4.78 is 25.0. The van der Waals surface area contributed by atoms with Gasteiger partial charge in [0.15, 0.2) is 18.3 Å². The molecule has 8 nitrogen and oxygen atoms in total. The highest BCUT2D eigenvalue weighted by Crippen LogP contribution is 2.12. The lowest BCUT2D eigenvalue weighted by Gasteiger charge is -2.01. The van der Waals surface area contributed by atoms with Crippen LogP contribution >= 0.6 is 0 Å². The molecule has 3 rings (SSSR count). The van der Waals surface area contributed by atoms with E-state index >= 15 is 0 Å². The van der Waals surface area contributed by atoms with Crippen LogP contribution in [0.4, 0.5) is 4.39 Å². The zero-order valence-corrected chi connectivity index (χ0v) is 12.5. The van der Waals surface area contributed by atoms with Crippen LogP contribution in [0, 0.1) is 5.82 Å². The molecule has 0 amide bonds. The van der Waals surface area contributed by atoms with Crippen LogP contribution < -0.4 is 4.74 Å². The Kier molecular flexibility index (Phi) is 4.55. The number of halogens is 1. The minimum absolute atomic E-state index is 0.0492. The van der Waals surface area contributed by atoms with Gasteiger partial charge in [-0.3, -0.25) is 4.52 Å². The number of nitrogens with zero attached hydrogens (tertiary/aromatic N) is 6. The van der Waals surface area contributed by atoms with Crippen molar-refractivity contribution in [1.29, 1.82) is 0 Å². The summed E-state index contributed by atoms with van der Waals surface area (Å²) in [6.45, 7) is 2.89. The predicted octanol–water partition coefficient (Wildman–Crippen LogP) is 1.77. The van der Waals surface area contributed by atoms with Crippen molar-refractivity contribution < 1.29 is 13.7 Å². The molecular weight excluding hydrogens is 303 g/mol. The topological polar surface area (TPSA) is 91.8 Å². The Morgan fingerprint density at radius 1 is 1.26 bits per heavy atom. The number of ether oxygens (including phenoxy) is 1. The van der Waals surface area contributed by atoms with E-state index in [0.29, 0.717) is 24.6 Å². The molecular formula is C14H15FN6O2. The Morgan fingerprint density at radius 3 is 2.87 bits per heavy atom. The molecule has 1 aromatic carbocycles. The molecule has 0 N–H and O–H groups in total. The maximum absolute atomic E-state index is 12.9. The fourth-order valence-corrected chi connectivity index (χ4v) is 1.99. The summed E-state index contributed by atoms with van der Waals surface area (Å²) >= 11 is 0. The molecule has 0 saturated heterocycles. The molecule has 0 atom stereocenters. The molecule has 2 heterocycles. The normalized spacial score (nSPS) is 10.9. The Labute approximate surface area is 131 Å². The van der Waals surface area contributed by atoms with E-state index in [0.717, 1.165) is 12.0 Å². The minimum Gasteiger partial charge on any atom is -0.441 e. The second-order valence-electron chi connectivity index (χ2n) is 4.89. The van der Waals surface area contributed by atoms with Crippen molar-refractivity contribution in [3.05, 3.63) is 47.3 Å². The van der Waals surface area contributed by atoms with Crippen LogP contribution in [0.25, 0.3) is 0 Å². The van der Waals surface area contributed by atoms with Crippen molar-refractivity contribution in [3.63, 3.8) is 0 Å². The highest BCUT2D eigenvalue weighted by atomic mass is 19.1. The van der Waals surface area contributed by atoms with E-state index in [2.05, 4.69) is 25.7 Å². The van der Waals surface area contributed by atoms with Gasteiger partial charge in [-0.15, -0.1) is 5.10 Å². The summed E-state index contributed by atoms with van der Waals surface area (Å²) in [6, 6.07) is 6.12. The highest BCUT2D eigenvalue weighted by molar-refractivity contribution is 5.19. The first kappa shape index (κ1) is 15.1. The number of tetrazole rings is 1. The molecule has 23 heavy (non-hydrogen) atoms. The van der Waals surface area contributed by atoms with Crippen molar-refractivity contribution in [2.24, 2.45) is 0 Å². The number of aryl methyl sites for hydroxylation is 1. The van der Waals surface area contributed by atoms with Crippen molar-refractivity contribution in [2.45, 2.75) is 32.9 Å². The molecule has 0 bridgehead atoms. The SMILES string of the molecule is CCCn1nnnc1COc1nc(Cc2ccc(F)cc2)no1. The van der Waals surface area contributed by atoms with E-state index in [9.17, 15) is 4.39 Å². The molecule has 9 heteroatoms. The molecule has 0 fully saturated rings. The predicted molar refractivity (Wildman–Crippen MR) is 75.9 cm³/mol. The summed E-state index contributed by atoms with van der Waals surface area (Å²) in [7, 11) is 0. The van der Waals surface area contributed by atoms with E-state index in [1.54, 1.807) is 16.8 Å². The highest BCUT2D eigenvalue weighted by Gasteiger charge is 2.11. The van der Waals surface area contributed by atoms with Crippen LogP contribution in [0.3, 0.4) is 0 Å². The monoisotopic (exact) mass is 318 g/mol. The fraction of sp³-hybridized carbons (Fsp3) is 0.357. The van der Waals surface area contributed by atoms with E-state index < -0.39 is 0 Å². The molecule has 0 radical (unpaired) electrons. The second kappa shape index (κ2) is 6.95. The van der Waals surface area contributed by atoms with Crippen LogP contribution in [0.15, 0.2) is 28.8 Å². The summed E-state index contributed by atoms with van der Waals surface area (Å²) in [5.74, 6) is 0.764. The van der Waals surface area contributed by atoms with Gasteiger partial charge < -0.3 is 4.74 Å². The van der Waals surface area contributed by atoms with Gasteiger partial charge in [-0.05, 0) is 34.5 Å². The summed E-state index contributed by atoms with van der Waals surface area (Å²) in [5, 5.41) is 15.2. The van der Waals surface area contributed by atoms with Crippen LogP contribution in [0.5, 0.6) is 6.08 Å². The van der Waals surface area contributed by atoms with Crippen molar-refractivity contribution in [3.8, 4) is 6.08 Å². The average Bonchev–Trinajstić information content (AvgIpc) is 3.17. The molecule has 0 spiro atoms.